The van der Waals surface area contributed by atoms with Gasteiger partial charge in [-0.25, -0.2) is 0 Å². The van der Waals surface area contributed by atoms with Gasteiger partial charge in [-0.2, -0.15) is 0 Å². The van der Waals surface area contributed by atoms with Crippen LogP contribution in [-0.2, 0) is 4.79 Å². The first-order valence-electron chi connectivity index (χ1n) is 8.06. The molecule has 8 heteroatoms. The maximum absolute atomic E-state index is 12.6. The van der Waals surface area contributed by atoms with Crippen molar-refractivity contribution in [3.8, 4) is 0 Å². The number of nitrogens with zero attached hydrogens (tertiary/aromatic N) is 2. The van der Waals surface area contributed by atoms with Gasteiger partial charge in [0, 0.05) is 5.56 Å². The summed E-state index contributed by atoms with van der Waals surface area (Å²) in [6.45, 7) is 7.68. The molecular weight excluding hydrogens is 356 g/mol. The lowest BCUT2D eigenvalue weighted by atomic mass is 10.0. The van der Waals surface area contributed by atoms with E-state index in [1.807, 2.05) is 39.8 Å². The average molecular weight is 379 g/mol. The second kappa shape index (κ2) is 8.96. The van der Waals surface area contributed by atoms with Gasteiger partial charge in [0.05, 0.1) is 0 Å². The lowest BCUT2D eigenvalue weighted by Gasteiger charge is -2.21. The molecule has 1 aromatic heterocycles. The van der Waals surface area contributed by atoms with Crippen LogP contribution in [0, 0.1) is 12.8 Å². The number of rotatable bonds is 7. The van der Waals surface area contributed by atoms with Crippen molar-refractivity contribution in [3.05, 3.63) is 35.4 Å². The Balaban J connectivity index is 2.07. The molecule has 0 saturated heterocycles. The summed E-state index contributed by atoms with van der Waals surface area (Å²) in [4.78, 5) is 25.1. The minimum absolute atomic E-state index is 0.0645. The zero-order valence-electron chi connectivity index (χ0n) is 14.7. The minimum Gasteiger partial charge on any atom is -0.340 e. The summed E-state index contributed by atoms with van der Waals surface area (Å²) in [7, 11) is 0. The van der Waals surface area contributed by atoms with E-state index in [2.05, 4.69) is 20.8 Å². The molecular formula is C17H22N4O2S2. The van der Waals surface area contributed by atoms with E-state index >= 15 is 0 Å². The molecule has 2 rings (SSSR count). The van der Waals surface area contributed by atoms with E-state index in [1.165, 1.54) is 11.3 Å². The molecule has 1 atom stereocenters. The van der Waals surface area contributed by atoms with Crippen LogP contribution in [0.2, 0.25) is 0 Å². The summed E-state index contributed by atoms with van der Waals surface area (Å²) in [5.41, 5.74) is 1.44. The Morgan fingerprint density at radius 2 is 1.96 bits per heavy atom. The fourth-order valence-electron chi connectivity index (χ4n) is 2.21. The molecule has 134 valence electrons. The van der Waals surface area contributed by atoms with Gasteiger partial charge in [-0.05, 0) is 30.2 Å². The average Bonchev–Trinajstić information content (AvgIpc) is 2.99. The molecule has 0 aliphatic rings. The van der Waals surface area contributed by atoms with Crippen LogP contribution in [0.15, 0.2) is 28.6 Å². The highest BCUT2D eigenvalue weighted by molar-refractivity contribution is 8.01. The maximum Gasteiger partial charge on any atom is 0.252 e. The van der Waals surface area contributed by atoms with Crippen molar-refractivity contribution in [2.45, 2.75) is 38.1 Å². The Bertz CT molecular complexity index is 746. The lowest BCUT2D eigenvalue weighted by molar-refractivity contribution is -0.118. The summed E-state index contributed by atoms with van der Waals surface area (Å²) < 4.78 is 0.808. The van der Waals surface area contributed by atoms with Gasteiger partial charge in [-0.1, -0.05) is 62.1 Å². The van der Waals surface area contributed by atoms with Gasteiger partial charge in [0.2, 0.25) is 11.0 Å². The number of carbonyl (C=O) groups is 2. The third-order valence-electron chi connectivity index (χ3n) is 3.53. The van der Waals surface area contributed by atoms with Crippen molar-refractivity contribution in [1.82, 2.24) is 15.5 Å². The monoisotopic (exact) mass is 378 g/mol. The fraction of sp³-hybridized carbons (Fsp3) is 0.412. The van der Waals surface area contributed by atoms with Crippen molar-refractivity contribution in [2.24, 2.45) is 5.92 Å². The zero-order chi connectivity index (χ0) is 18.4. The Kier molecular flexibility index (Phi) is 6.95. The third-order valence-corrected chi connectivity index (χ3v) is 5.38. The van der Waals surface area contributed by atoms with Gasteiger partial charge in [0.25, 0.3) is 5.91 Å². The van der Waals surface area contributed by atoms with E-state index in [0.29, 0.717) is 10.7 Å². The molecule has 2 amide bonds. The van der Waals surface area contributed by atoms with Crippen LogP contribution in [0.25, 0.3) is 0 Å². The Labute approximate surface area is 155 Å². The molecule has 0 bridgehead atoms. The molecule has 0 fully saturated rings. The fourth-order valence-corrected chi connectivity index (χ4v) is 3.86. The molecule has 1 aromatic carbocycles. The van der Waals surface area contributed by atoms with E-state index < -0.39 is 6.04 Å². The predicted molar refractivity (Wildman–Crippen MR) is 102 cm³/mol. The van der Waals surface area contributed by atoms with E-state index in [4.69, 9.17) is 0 Å². The van der Waals surface area contributed by atoms with Crippen LogP contribution in [0.4, 0.5) is 5.13 Å². The zero-order valence-corrected chi connectivity index (χ0v) is 16.3. The number of aromatic nitrogens is 2. The summed E-state index contributed by atoms with van der Waals surface area (Å²) in [6, 6.07) is 6.64. The first kappa shape index (κ1) is 19.4. The van der Waals surface area contributed by atoms with Gasteiger partial charge in [0.1, 0.15) is 6.04 Å². The highest BCUT2D eigenvalue weighted by Gasteiger charge is 2.26. The van der Waals surface area contributed by atoms with E-state index in [1.54, 1.807) is 23.9 Å². The largest absolute Gasteiger partial charge is 0.340 e. The summed E-state index contributed by atoms with van der Waals surface area (Å²) in [5, 5.41) is 14.0. The van der Waals surface area contributed by atoms with Crippen molar-refractivity contribution in [2.75, 3.05) is 11.1 Å². The number of aryl methyl sites for hydroxylation is 1. The molecule has 0 spiro atoms. The van der Waals surface area contributed by atoms with Crippen molar-refractivity contribution in [3.63, 3.8) is 0 Å². The van der Waals surface area contributed by atoms with Crippen LogP contribution in [0.5, 0.6) is 0 Å². The molecule has 0 unspecified atom stereocenters. The number of amides is 2. The number of hydrogen-bond donors (Lipinski definition) is 2. The van der Waals surface area contributed by atoms with Crippen molar-refractivity contribution >= 4 is 40.0 Å². The van der Waals surface area contributed by atoms with E-state index in [-0.39, 0.29) is 17.7 Å². The maximum atomic E-state index is 12.6. The molecule has 6 nitrogen and oxygen atoms in total. The third kappa shape index (κ3) is 5.27. The van der Waals surface area contributed by atoms with Gasteiger partial charge in [-0.15, -0.1) is 10.2 Å². The molecule has 0 aliphatic carbocycles. The van der Waals surface area contributed by atoms with Crippen LogP contribution < -0.4 is 10.6 Å². The smallest absolute Gasteiger partial charge is 0.252 e. The molecule has 1 heterocycles. The van der Waals surface area contributed by atoms with Gasteiger partial charge >= 0.3 is 0 Å². The minimum atomic E-state index is -0.654. The van der Waals surface area contributed by atoms with Crippen LogP contribution in [0.3, 0.4) is 0 Å². The summed E-state index contributed by atoms with van der Waals surface area (Å²) >= 11 is 2.90. The SMILES string of the molecule is CCSc1nnc(NC(=O)[C@@H](NC(=O)c2ccccc2C)C(C)C)s1. The highest BCUT2D eigenvalue weighted by Crippen LogP contribution is 2.25. The second-order valence-electron chi connectivity index (χ2n) is 5.81. The first-order chi connectivity index (χ1) is 11.9. The summed E-state index contributed by atoms with van der Waals surface area (Å²) in [6.07, 6.45) is 0. The summed E-state index contributed by atoms with van der Waals surface area (Å²) in [5.74, 6) is 0.280. The Hall–Kier alpha value is -1.93. The van der Waals surface area contributed by atoms with Crippen LogP contribution >= 0.6 is 23.1 Å². The lowest BCUT2D eigenvalue weighted by Crippen LogP contribution is -2.47. The number of benzene rings is 1. The second-order valence-corrected chi connectivity index (χ2v) is 8.29. The first-order valence-corrected chi connectivity index (χ1v) is 9.86. The van der Waals surface area contributed by atoms with Gasteiger partial charge in [0.15, 0.2) is 4.34 Å². The number of anilines is 1. The Morgan fingerprint density at radius 1 is 1.24 bits per heavy atom. The van der Waals surface area contributed by atoms with Gasteiger partial charge < -0.3 is 5.32 Å². The quantitative estimate of drug-likeness (QED) is 0.570. The number of carbonyl (C=O) groups excluding carboxylic acids is 2. The van der Waals surface area contributed by atoms with Crippen LogP contribution in [-0.4, -0.2) is 33.8 Å². The van der Waals surface area contributed by atoms with E-state index in [9.17, 15) is 9.59 Å². The van der Waals surface area contributed by atoms with Crippen molar-refractivity contribution < 1.29 is 9.59 Å². The molecule has 2 aromatic rings. The van der Waals surface area contributed by atoms with Crippen molar-refractivity contribution in [1.29, 1.82) is 0 Å². The highest BCUT2D eigenvalue weighted by atomic mass is 32.2. The van der Waals surface area contributed by atoms with Crippen LogP contribution in [0.1, 0.15) is 36.7 Å². The number of hydrogen-bond acceptors (Lipinski definition) is 6. The van der Waals surface area contributed by atoms with Gasteiger partial charge in [-0.3, -0.25) is 14.9 Å². The predicted octanol–water partition coefficient (Wildman–Crippen LogP) is 3.35. The molecule has 0 radical (unpaired) electrons. The molecule has 0 saturated carbocycles. The number of thioether (sulfide) groups is 1. The standard InChI is InChI=1S/C17H22N4O2S2/c1-5-24-17-21-20-16(25-17)19-15(23)13(10(2)3)18-14(22)12-9-7-6-8-11(12)4/h6-10,13H,5H2,1-4H3,(H,18,22)(H,19,20,23)/t13-/m0/s1. The normalized spacial score (nSPS) is 12.0. The van der Waals surface area contributed by atoms with E-state index in [0.717, 1.165) is 15.7 Å². The molecule has 2 N–H and O–H groups in total. The topological polar surface area (TPSA) is 84.0 Å². The number of nitrogens with one attached hydrogen (secondary N) is 2. The Morgan fingerprint density at radius 3 is 2.60 bits per heavy atom. The molecule has 0 aliphatic heterocycles. The molecule has 25 heavy (non-hydrogen) atoms.